The Kier molecular flexibility index (Phi) is 7.22. The van der Waals surface area contributed by atoms with Gasteiger partial charge in [0.1, 0.15) is 6.61 Å². The number of fused-ring (bicyclic) bond motifs is 4. The van der Waals surface area contributed by atoms with E-state index < -0.39 is 29.9 Å². The van der Waals surface area contributed by atoms with Crippen LogP contribution in [0.3, 0.4) is 0 Å². The first-order valence-electron chi connectivity index (χ1n) is 12.8. The molecule has 2 aliphatic rings. The van der Waals surface area contributed by atoms with E-state index in [0.29, 0.717) is 11.5 Å². The highest BCUT2D eigenvalue weighted by Gasteiger charge is 2.39. The van der Waals surface area contributed by atoms with Gasteiger partial charge in [-0.1, -0.05) is 85.5 Å². The van der Waals surface area contributed by atoms with Crippen LogP contribution >= 0.6 is 0 Å². The lowest BCUT2D eigenvalue weighted by atomic mass is 9.98. The molecule has 1 aliphatic heterocycles. The van der Waals surface area contributed by atoms with E-state index in [1.807, 2.05) is 43.3 Å². The third-order valence-electron chi connectivity index (χ3n) is 6.93. The average Bonchev–Trinajstić information content (AvgIpc) is 3.38. The molecule has 0 bridgehead atoms. The van der Waals surface area contributed by atoms with E-state index in [-0.39, 0.29) is 30.1 Å². The van der Waals surface area contributed by atoms with Crippen molar-refractivity contribution in [1.82, 2.24) is 10.4 Å². The molecule has 3 amide bonds. The van der Waals surface area contributed by atoms with E-state index >= 15 is 0 Å². The molecule has 0 aromatic heterocycles. The number of benzene rings is 3. The second-order valence-corrected chi connectivity index (χ2v) is 9.43. The van der Waals surface area contributed by atoms with Crippen LogP contribution in [-0.4, -0.2) is 41.6 Å². The van der Waals surface area contributed by atoms with Crippen LogP contribution in [0.4, 0.5) is 4.79 Å². The van der Waals surface area contributed by atoms with Gasteiger partial charge in [-0.3, -0.25) is 9.59 Å². The molecule has 0 radical (unpaired) electrons. The van der Waals surface area contributed by atoms with Crippen molar-refractivity contribution in [3.05, 3.63) is 95.1 Å². The third kappa shape index (κ3) is 4.89. The molecule has 8 nitrogen and oxygen atoms in total. The van der Waals surface area contributed by atoms with Gasteiger partial charge in [0.25, 0.3) is 11.8 Å². The maximum Gasteiger partial charge on any atom is 0.407 e. The van der Waals surface area contributed by atoms with Crippen molar-refractivity contribution in [2.75, 3.05) is 6.61 Å². The molecule has 1 heterocycles. The number of unbranched alkanes of at least 4 members (excludes halogenated alkanes) is 1. The quantitative estimate of drug-likeness (QED) is 0.394. The van der Waals surface area contributed by atoms with Gasteiger partial charge in [0, 0.05) is 12.0 Å². The first-order valence-corrected chi connectivity index (χ1v) is 12.8. The zero-order valence-electron chi connectivity index (χ0n) is 21.0. The van der Waals surface area contributed by atoms with Gasteiger partial charge < -0.3 is 14.9 Å². The van der Waals surface area contributed by atoms with Gasteiger partial charge in [-0.05, 0) is 40.8 Å². The van der Waals surface area contributed by atoms with Crippen molar-refractivity contribution in [3.63, 3.8) is 0 Å². The van der Waals surface area contributed by atoms with Gasteiger partial charge in [0.05, 0.1) is 17.5 Å². The van der Waals surface area contributed by atoms with Crippen LogP contribution in [0.25, 0.3) is 11.1 Å². The molecule has 3 aromatic carbocycles. The van der Waals surface area contributed by atoms with Gasteiger partial charge in [-0.25, -0.2) is 9.59 Å². The summed E-state index contributed by atoms with van der Waals surface area (Å²) < 4.78 is 5.62. The summed E-state index contributed by atoms with van der Waals surface area (Å²) in [6.07, 6.45) is 1.28. The molecule has 38 heavy (non-hydrogen) atoms. The minimum absolute atomic E-state index is 0.0824. The lowest BCUT2D eigenvalue weighted by Crippen LogP contribution is -2.40. The lowest BCUT2D eigenvalue weighted by Gasteiger charge is -2.20. The van der Waals surface area contributed by atoms with Crippen molar-refractivity contribution in [1.29, 1.82) is 0 Å². The molecule has 0 saturated carbocycles. The fourth-order valence-electron chi connectivity index (χ4n) is 5.07. The molecule has 5 rings (SSSR count). The van der Waals surface area contributed by atoms with Gasteiger partial charge in [0.15, 0.2) is 0 Å². The molecule has 1 aliphatic carbocycles. The molecule has 0 spiro atoms. The van der Waals surface area contributed by atoms with Crippen LogP contribution in [0, 0.1) is 0 Å². The SMILES string of the molecule is CCCC[C@H](CC(=O)ON1C(=O)c2ccccc2C1=O)NC(=O)OCC1c2ccccc2-c2ccccc21. The molecule has 0 unspecified atom stereocenters. The summed E-state index contributed by atoms with van der Waals surface area (Å²) >= 11 is 0. The fourth-order valence-corrected chi connectivity index (χ4v) is 5.07. The van der Waals surface area contributed by atoms with Crippen LogP contribution in [0.2, 0.25) is 0 Å². The number of ether oxygens (including phenoxy) is 1. The van der Waals surface area contributed by atoms with Crippen LogP contribution in [0.1, 0.15) is 70.4 Å². The largest absolute Gasteiger partial charge is 0.449 e. The van der Waals surface area contributed by atoms with E-state index in [0.717, 1.165) is 35.1 Å². The molecule has 1 N–H and O–H groups in total. The summed E-state index contributed by atoms with van der Waals surface area (Å²) in [5.74, 6) is -2.25. The zero-order valence-corrected chi connectivity index (χ0v) is 21.0. The number of hydroxylamine groups is 2. The summed E-state index contributed by atoms with van der Waals surface area (Å²) in [5.41, 5.74) is 4.85. The summed E-state index contributed by atoms with van der Waals surface area (Å²) in [7, 11) is 0. The van der Waals surface area contributed by atoms with Crippen LogP contribution in [0.5, 0.6) is 0 Å². The van der Waals surface area contributed by atoms with Crippen molar-refractivity contribution < 1.29 is 28.8 Å². The maximum atomic E-state index is 12.8. The maximum absolute atomic E-state index is 12.8. The minimum atomic E-state index is -0.792. The Morgan fingerprint density at radius 2 is 1.37 bits per heavy atom. The summed E-state index contributed by atoms with van der Waals surface area (Å²) in [6.45, 7) is 2.15. The molecule has 194 valence electrons. The van der Waals surface area contributed by atoms with E-state index in [4.69, 9.17) is 9.57 Å². The number of nitrogens with one attached hydrogen (secondary N) is 1. The number of alkyl carbamates (subject to hydrolysis) is 1. The molecule has 1 atom stereocenters. The summed E-state index contributed by atoms with van der Waals surface area (Å²) in [5, 5.41) is 3.25. The van der Waals surface area contributed by atoms with Gasteiger partial charge in [0.2, 0.25) is 0 Å². The molecular formula is C30H28N2O6. The molecule has 0 fully saturated rings. The highest BCUT2D eigenvalue weighted by Crippen LogP contribution is 2.44. The van der Waals surface area contributed by atoms with Crippen LogP contribution in [-0.2, 0) is 14.4 Å². The van der Waals surface area contributed by atoms with Crippen molar-refractivity contribution in [2.24, 2.45) is 0 Å². The minimum Gasteiger partial charge on any atom is -0.449 e. The Hall–Kier alpha value is -4.46. The Balaban J connectivity index is 1.20. The Morgan fingerprint density at radius 1 is 0.842 bits per heavy atom. The van der Waals surface area contributed by atoms with Gasteiger partial charge in [-0.2, -0.15) is 0 Å². The molecule has 0 saturated heterocycles. The number of rotatable bonds is 9. The highest BCUT2D eigenvalue weighted by molar-refractivity contribution is 6.20. The van der Waals surface area contributed by atoms with E-state index in [2.05, 4.69) is 17.4 Å². The first-order chi connectivity index (χ1) is 18.5. The van der Waals surface area contributed by atoms with Crippen molar-refractivity contribution in [3.8, 4) is 11.1 Å². The highest BCUT2D eigenvalue weighted by atomic mass is 16.7. The number of imide groups is 1. The average molecular weight is 513 g/mol. The first kappa shape index (κ1) is 25.2. The second-order valence-electron chi connectivity index (χ2n) is 9.43. The predicted molar refractivity (Wildman–Crippen MR) is 139 cm³/mol. The second kappa shape index (κ2) is 10.9. The standard InChI is InChI=1S/C30H28N2O6/c1-2-3-10-19(17-27(33)38-32-28(34)24-15-8-9-16-25(24)29(32)35)31-30(36)37-18-26-22-13-6-4-11-20(22)21-12-5-7-14-23(21)26/h4-9,11-16,19,26H,2-3,10,17-18H2,1H3,(H,31,36)/t19-/m1/s1. The number of amides is 3. The van der Waals surface area contributed by atoms with Gasteiger partial charge in [-0.15, -0.1) is 0 Å². The molecule has 8 heteroatoms. The Labute approximate surface area is 220 Å². The van der Waals surface area contributed by atoms with Crippen molar-refractivity contribution >= 4 is 23.9 Å². The Morgan fingerprint density at radius 3 is 1.92 bits per heavy atom. The Bertz CT molecular complexity index is 1320. The summed E-state index contributed by atoms with van der Waals surface area (Å²) in [4.78, 5) is 55.6. The van der Waals surface area contributed by atoms with E-state index in [1.165, 1.54) is 12.1 Å². The summed E-state index contributed by atoms with van der Waals surface area (Å²) in [6, 6.07) is 21.8. The van der Waals surface area contributed by atoms with Crippen LogP contribution < -0.4 is 5.32 Å². The van der Waals surface area contributed by atoms with Gasteiger partial charge >= 0.3 is 12.1 Å². The van der Waals surface area contributed by atoms with E-state index in [9.17, 15) is 19.2 Å². The number of carbonyl (C=O) groups excluding carboxylic acids is 4. The predicted octanol–water partition coefficient (Wildman–Crippen LogP) is 5.23. The number of hydrogen-bond acceptors (Lipinski definition) is 6. The number of nitrogens with zero attached hydrogens (tertiary/aromatic N) is 1. The monoisotopic (exact) mass is 512 g/mol. The fraction of sp³-hybridized carbons (Fsp3) is 0.267. The number of carbonyl (C=O) groups is 4. The molecule has 3 aromatic rings. The smallest absolute Gasteiger partial charge is 0.407 e. The number of hydrogen-bond donors (Lipinski definition) is 1. The third-order valence-corrected chi connectivity index (χ3v) is 6.93. The topological polar surface area (TPSA) is 102 Å². The lowest BCUT2D eigenvalue weighted by molar-refractivity contribution is -0.169. The zero-order chi connectivity index (χ0) is 26.6. The van der Waals surface area contributed by atoms with E-state index in [1.54, 1.807) is 12.1 Å². The van der Waals surface area contributed by atoms with Crippen molar-refractivity contribution in [2.45, 2.75) is 44.6 Å². The van der Waals surface area contributed by atoms with Crippen LogP contribution in [0.15, 0.2) is 72.8 Å². The molecular weight excluding hydrogens is 484 g/mol. The normalized spacial score (nSPS) is 14.5.